The molecule has 1 atom stereocenters. The van der Waals surface area contributed by atoms with Crippen molar-refractivity contribution in [1.29, 1.82) is 0 Å². The molecular weight excluding hydrogens is 208 g/mol. The molecule has 16 heavy (non-hydrogen) atoms. The van der Waals surface area contributed by atoms with Crippen molar-refractivity contribution >= 4 is 11.8 Å². The highest BCUT2D eigenvalue weighted by atomic mass is 16.5. The molecule has 1 N–H and O–H groups in total. The van der Waals surface area contributed by atoms with Crippen molar-refractivity contribution in [2.75, 3.05) is 26.3 Å². The van der Waals surface area contributed by atoms with Crippen LogP contribution < -0.4 is 5.32 Å². The number of ether oxygens (including phenoxy) is 1. The van der Waals surface area contributed by atoms with Gasteiger partial charge in [-0.3, -0.25) is 9.59 Å². The molecule has 2 rings (SSSR count). The zero-order chi connectivity index (χ0) is 11.5. The Kier molecular flexibility index (Phi) is 3.43. The summed E-state index contributed by atoms with van der Waals surface area (Å²) in [7, 11) is 0. The largest absolute Gasteiger partial charge is 0.381 e. The molecular formula is C11H18N2O3. The van der Waals surface area contributed by atoms with Crippen LogP contribution in [-0.2, 0) is 14.3 Å². The number of hydrogen-bond donors (Lipinski definition) is 1. The molecule has 2 amide bonds. The second-order valence-corrected chi connectivity index (χ2v) is 4.35. The quantitative estimate of drug-likeness (QED) is 0.707. The summed E-state index contributed by atoms with van der Waals surface area (Å²) in [5.41, 5.74) is 0. The first kappa shape index (κ1) is 11.4. The van der Waals surface area contributed by atoms with Crippen LogP contribution in [0.15, 0.2) is 0 Å². The molecule has 2 heterocycles. The maximum Gasteiger partial charge on any atom is 0.245 e. The van der Waals surface area contributed by atoms with Crippen LogP contribution in [0.4, 0.5) is 0 Å². The number of amides is 2. The van der Waals surface area contributed by atoms with E-state index in [2.05, 4.69) is 5.32 Å². The minimum absolute atomic E-state index is 0.0436. The van der Waals surface area contributed by atoms with E-state index in [9.17, 15) is 9.59 Å². The molecule has 5 nitrogen and oxygen atoms in total. The standard InChI is InChI=1S/C11H18N2O3/c1-2-13-7-9(14)12-10(11(13)15)8-3-5-16-6-4-8/h8,10H,2-7H2,1H3,(H,12,14)/t10-/m0/s1. The lowest BCUT2D eigenvalue weighted by atomic mass is 9.89. The van der Waals surface area contributed by atoms with E-state index in [4.69, 9.17) is 4.74 Å². The topological polar surface area (TPSA) is 58.6 Å². The van der Waals surface area contributed by atoms with Gasteiger partial charge in [-0.15, -0.1) is 0 Å². The van der Waals surface area contributed by atoms with Crippen LogP contribution >= 0.6 is 0 Å². The summed E-state index contributed by atoms with van der Waals surface area (Å²) in [4.78, 5) is 25.2. The van der Waals surface area contributed by atoms with Gasteiger partial charge in [0.05, 0.1) is 6.54 Å². The van der Waals surface area contributed by atoms with E-state index in [1.807, 2.05) is 6.92 Å². The number of nitrogens with one attached hydrogen (secondary N) is 1. The van der Waals surface area contributed by atoms with Gasteiger partial charge in [0.1, 0.15) is 6.04 Å². The predicted molar refractivity (Wildman–Crippen MR) is 57.7 cm³/mol. The Morgan fingerprint density at radius 3 is 2.69 bits per heavy atom. The Morgan fingerprint density at radius 2 is 2.06 bits per heavy atom. The third-order valence-corrected chi connectivity index (χ3v) is 3.35. The van der Waals surface area contributed by atoms with E-state index in [0.717, 1.165) is 12.8 Å². The summed E-state index contributed by atoms with van der Waals surface area (Å²) in [5.74, 6) is 0.256. The second-order valence-electron chi connectivity index (χ2n) is 4.35. The highest BCUT2D eigenvalue weighted by Gasteiger charge is 2.37. The molecule has 0 aromatic rings. The summed E-state index contributed by atoms with van der Waals surface area (Å²) >= 11 is 0. The van der Waals surface area contributed by atoms with Crippen molar-refractivity contribution in [2.45, 2.75) is 25.8 Å². The maximum atomic E-state index is 12.1. The van der Waals surface area contributed by atoms with Crippen LogP contribution in [-0.4, -0.2) is 49.1 Å². The SMILES string of the molecule is CCN1CC(=O)N[C@@H](C2CCOCC2)C1=O. The lowest BCUT2D eigenvalue weighted by molar-refractivity contribution is -0.146. The van der Waals surface area contributed by atoms with E-state index in [1.165, 1.54) is 0 Å². The first-order chi connectivity index (χ1) is 7.72. The maximum absolute atomic E-state index is 12.1. The minimum Gasteiger partial charge on any atom is -0.381 e. The van der Waals surface area contributed by atoms with Crippen molar-refractivity contribution in [3.8, 4) is 0 Å². The fraction of sp³-hybridized carbons (Fsp3) is 0.818. The summed E-state index contributed by atoms with van der Waals surface area (Å²) in [6.45, 7) is 4.09. The van der Waals surface area contributed by atoms with Crippen molar-refractivity contribution < 1.29 is 14.3 Å². The molecule has 0 bridgehead atoms. The Hall–Kier alpha value is -1.10. The molecule has 2 saturated heterocycles. The molecule has 2 aliphatic rings. The van der Waals surface area contributed by atoms with Gasteiger partial charge >= 0.3 is 0 Å². The summed E-state index contributed by atoms with van der Waals surface area (Å²) in [6, 6.07) is -0.329. The number of piperazine rings is 1. The average molecular weight is 226 g/mol. The first-order valence-corrected chi connectivity index (χ1v) is 5.88. The number of hydrogen-bond acceptors (Lipinski definition) is 3. The lowest BCUT2D eigenvalue weighted by Crippen LogP contribution is -2.60. The van der Waals surface area contributed by atoms with Crippen LogP contribution in [0, 0.1) is 5.92 Å². The summed E-state index contributed by atoms with van der Waals surface area (Å²) in [5, 5.41) is 2.81. The van der Waals surface area contributed by atoms with E-state index >= 15 is 0 Å². The zero-order valence-corrected chi connectivity index (χ0v) is 9.57. The van der Waals surface area contributed by atoms with E-state index in [1.54, 1.807) is 4.90 Å². The van der Waals surface area contributed by atoms with Gasteiger partial charge in [-0.2, -0.15) is 0 Å². The Bertz CT molecular complexity index is 287. The molecule has 5 heteroatoms. The molecule has 0 unspecified atom stereocenters. The zero-order valence-electron chi connectivity index (χ0n) is 9.57. The van der Waals surface area contributed by atoms with Crippen molar-refractivity contribution in [1.82, 2.24) is 10.2 Å². The number of carbonyl (C=O) groups is 2. The van der Waals surface area contributed by atoms with Crippen LogP contribution in [0.25, 0.3) is 0 Å². The highest BCUT2D eigenvalue weighted by molar-refractivity contribution is 5.95. The van der Waals surface area contributed by atoms with Crippen LogP contribution in [0.5, 0.6) is 0 Å². The molecule has 0 radical (unpaired) electrons. The van der Waals surface area contributed by atoms with Crippen LogP contribution in [0.2, 0.25) is 0 Å². The molecule has 2 fully saturated rings. The lowest BCUT2D eigenvalue weighted by Gasteiger charge is -2.37. The van der Waals surface area contributed by atoms with Gasteiger partial charge in [0.15, 0.2) is 0 Å². The molecule has 90 valence electrons. The second kappa shape index (κ2) is 4.82. The minimum atomic E-state index is -0.329. The number of rotatable bonds is 2. The third kappa shape index (κ3) is 2.19. The van der Waals surface area contributed by atoms with E-state index < -0.39 is 0 Å². The van der Waals surface area contributed by atoms with Gasteiger partial charge in [0, 0.05) is 19.8 Å². The molecule has 0 aromatic heterocycles. The Labute approximate surface area is 95.1 Å². The van der Waals surface area contributed by atoms with Crippen molar-refractivity contribution in [2.24, 2.45) is 5.92 Å². The molecule has 0 aliphatic carbocycles. The van der Waals surface area contributed by atoms with Crippen LogP contribution in [0.3, 0.4) is 0 Å². The molecule has 2 aliphatic heterocycles. The first-order valence-electron chi connectivity index (χ1n) is 5.88. The predicted octanol–water partition coefficient (Wildman–Crippen LogP) is -0.240. The number of nitrogens with zero attached hydrogens (tertiary/aromatic N) is 1. The van der Waals surface area contributed by atoms with E-state index in [0.29, 0.717) is 19.8 Å². The van der Waals surface area contributed by atoms with Gasteiger partial charge in [-0.1, -0.05) is 0 Å². The summed E-state index contributed by atoms with van der Waals surface area (Å²) < 4.78 is 5.27. The Balaban J connectivity index is 2.06. The normalized spacial score (nSPS) is 28.1. The van der Waals surface area contributed by atoms with E-state index in [-0.39, 0.29) is 30.3 Å². The van der Waals surface area contributed by atoms with Gasteiger partial charge in [0.2, 0.25) is 11.8 Å². The smallest absolute Gasteiger partial charge is 0.245 e. The fourth-order valence-corrected chi connectivity index (χ4v) is 2.37. The monoisotopic (exact) mass is 226 g/mol. The van der Waals surface area contributed by atoms with Crippen LogP contribution in [0.1, 0.15) is 19.8 Å². The molecule has 0 spiro atoms. The third-order valence-electron chi connectivity index (χ3n) is 3.35. The van der Waals surface area contributed by atoms with Crippen molar-refractivity contribution in [3.63, 3.8) is 0 Å². The molecule has 0 aromatic carbocycles. The van der Waals surface area contributed by atoms with Gasteiger partial charge in [-0.25, -0.2) is 0 Å². The highest BCUT2D eigenvalue weighted by Crippen LogP contribution is 2.21. The fourth-order valence-electron chi connectivity index (χ4n) is 2.37. The number of likely N-dealkylation sites (N-methyl/N-ethyl adjacent to an activating group) is 1. The summed E-state index contributed by atoms with van der Waals surface area (Å²) in [6.07, 6.45) is 1.71. The van der Waals surface area contributed by atoms with Crippen molar-refractivity contribution in [3.05, 3.63) is 0 Å². The molecule has 0 saturated carbocycles. The Morgan fingerprint density at radius 1 is 1.38 bits per heavy atom. The average Bonchev–Trinajstić information content (AvgIpc) is 2.33. The van der Waals surface area contributed by atoms with Gasteiger partial charge < -0.3 is 15.0 Å². The van der Waals surface area contributed by atoms with Gasteiger partial charge in [0.25, 0.3) is 0 Å². The van der Waals surface area contributed by atoms with Gasteiger partial charge in [-0.05, 0) is 25.7 Å². The number of carbonyl (C=O) groups excluding carboxylic acids is 2.